The first-order valence-electron chi connectivity index (χ1n) is 6.98. The topological polar surface area (TPSA) is 58.2 Å². The molecule has 0 spiro atoms. The molecule has 0 radical (unpaired) electrons. The van der Waals surface area contributed by atoms with Crippen molar-refractivity contribution in [3.05, 3.63) is 54.3 Å². The minimum atomic E-state index is -3.46. The fourth-order valence-electron chi connectivity index (χ4n) is 2.02. The summed E-state index contributed by atoms with van der Waals surface area (Å²) < 4.78 is 40.2. The van der Waals surface area contributed by atoms with E-state index in [4.69, 9.17) is 0 Å². The van der Waals surface area contributed by atoms with Gasteiger partial charge in [-0.15, -0.1) is 0 Å². The van der Waals surface area contributed by atoms with Gasteiger partial charge < -0.3 is 5.32 Å². The zero-order valence-corrected chi connectivity index (χ0v) is 13.3. The predicted octanol–water partition coefficient (Wildman–Crippen LogP) is 3.97. The first-order chi connectivity index (χ1) is 10.4. The zero-order chi connectivity index (χ0) is 16.2. The molecule has 0 amide bonds. The van der Waals surface area contributed by atoms with Crippen LogP contribution in [0.5, 0.6) is 0 Å². The Morgan fingerprint density at radius 3 is 2.32 bits per heavy atom. The number of sulfonamides is 1. The molecule has 0 heterocycles. The number of benzene rings is 2. The molecule has 2 aromatic carbocycles. The Morgan fingerprint density at radius 1 is 1.05 bits per heavy atom. The third kappa shape index (κ3) is 4.73. The average molecular weight is 322 g/mol. The molecular formula is C16H19FN2O2S. The number of para-hydroxylation sites is 1. The van der Waals surface area contributed by atoms with Gasteiger partial charge in [0.2, 0.25) is 10.0 Å². The van der Waals surface area contributed by atoms with Gasteiger partial charge in [-0.3, -0.25) is 4.72 Å². The van der Waals surface area contributed by atoms with Crippen LogP contribution in [-0.2, 0) is 10.0 Å². The maximum Gasteiger partial charge on any atom is 0.232 e. The maximum absolute atomic E-state index is 14.1. The minimum absolute atomic E-state index is 0.00127. The van der Waals surface area contributed by atoms with Crippen LogP contribution in [0.3, 0.4) is 0 Å². The van der Waals surface area contributed by atoms with Crippen molar-refractivity contribution in [1.82, 2.24) is 0 Å². The van der Waals surface area contributed by atoms with Gasteiger partial charge in [-0.05, 0) is 30.2 Å². The summed E-state index contributed by atoms with van der Waals surface area (Å²) in [5.41, 5.74) is 1.27. The molecule has 0 saturated carbocycles. The van der Waals surface area contributed by atoms with E-state index in [0.717, 1.165) is 5.69 Å². The van der Waals surface area contributed by atoms with Gasteiger partial charge in [0, 0.05) is 11.8 Å². The van der Waals surface area contributed by atoms with E-state index in [2.05, 4.69) is 10.0 Å². The van der Waals surface area contributed by atoms with E-state index >= 15 is 0 Å². The molecule has 22 heavy (non-hydrogen) atoms. The first kappa shape index (κ1) is 16.3. The fraction of sp³-hybridized carbons (Fsp3) is 0.250. The molecule has 118 valence electrons. The second-order valence-corrected chi connectivity index (χ2v) is 7.23. The standard InChI is InChI=1S/C16H19FN2O2S/c1-12(2)11-22(20,21)19-14-8-9-16(15(17)10-14)18-13-6-4-3-5-7-13/h3-10,12,18-19H,11H2,1-2H3. The molecule has 0 bridgehead atoms. The normalized spacial score (nSPS) is 11.5. The lowest BCUT2D eigenvalue weighted by atomic mass is 10.2. The van der Waals surface area contributed by atoms with E-state index in [1.165, 1.54) is 18.2 Å². The summed E-state index contributed by atoms with van der Waals surface area (Å²) in [7, 11) is -3.46. The smallest absolute Gasteiger partial charge is 0.232 e. The first-order valence-corrected chi connectivity index (χ1v) is 8.63. The van der Waals surface area contributed by atoms with Gasteiger partial charge in [-0.2, -0.15) is 0 Å². The Hall–Kier alpha value is -2.08. The SMILES string of the molecule is CC(C)CS(=O)(=O)Nc1ccc(Nc2ccccc2)c(F)c1. The highest BCUT2D eigenvalue weighted by molar-refractivity contribution is 7.92. The van der Waals surface area contributed by atoms with Crippen molar-refractivity contribution in [3.63, 3.8) is 0 Å². The number of anilines is 3. The second kappa shape index (κ2) is 6.79. The van der Waals surface area contributed by atoms with Gasteiger partial charge in [0.25, 0.3) is 0 Å². The molecule has 0 fully saturated rings. The van der Waals surface area contributed by atoms with Crippen LogP contribution in [-0.4, -0.2) is 14.2 Å². The zero-order valence-electron chi connectivity index (χ0n) is 12.5. The van der Waals surface area contributed by atoms with E-state index in [0.29, 0.717) is 0 Å². The molecule has 0 aliphatic rings. The van der Waals surface area contributed by atoms with Crippen molar-refractivity contribution < 1.29 is 12.8 Å². The minimum Gasteiger partial charge on any atom is -0.353 e. The fourth-order valence-corrected chi connectivity index (χ4v) is 3.46. The van der Waals surface area contributed by atoms with Crippen LogP contribution < -0.4 is 10.0 Å². The highest BCUT2D eigenvalue weighted by atomic mass is 32.2. The summed E-state index contributed by atoms with van der Waals surface area (Å²) >= 11 is 0. The van der Waals surface area contributed by atoms with Crippen molar-refractivity contribution in [2.75, 3.05) is 15.8 Å². The molecule has 6 heteroatoms. The highest BCUT2D eigenvalue weighted by Gasteiger charge is 2.14. The lowest BCUT2D eigenvalue weighted by Gasteiger charge is -2.12. The lowest BCUT2D eigenvalue weighted by Crippen LogP contribution is -2.20. The number of nitrogens with one attached hydrogen (secondary N) is 2. The maximum atomic E-state index is 14.1. The monoisotopic (exact) mass is 322 g/mol. The van der Waals surface area contributed by atoms with E-state index in [-0.39, 0.29) is 23.0 Å². The highest BCUT2D eigenvalue weighted by Crippen LogP contribution is 2.23. The average Bonchev–Trinajstić information content (AvgIpc) is 2.41. The summed E-state index contributed by atoms with van der Waals surface area (Å²) in [6, 6.07) is 13.4. The number of hydrogen-bond donors (Lipinski definition) is 2. The van der Waals surface area contributed by atoms with Crippen LogP contribution in [0.2, 0.25) is 0 Å². The number of hydrogen-bond acceptors (Lipinski definition) is 3. The molecule has 2 rings (SSSR count). The van der Waals surface area contributed by atoms with E-state index in [1.54, 1.807) is 0 Å². The molecular weight excluding hydrogens is 303 g/mol. The van der Waals surface area contributed by atoms with Crippen LogP contribution >= 0.6 is 0 Å². The van der Waals surface area contributed by atoms with E-state index in [1.807, 2.05) is 44.2 Å². The van der Waals surface area contributed by atoms with Crippen LogP contribution in [0.1, 0.15) is 13.8 Å². The van der Waals surface area contributed by atoms with Crippen molar-refractivity contribution in [2.24, 2.45) is 5.92 Å². The molecule has 0 aromatic heterocycles. The summed E-state index contributed by atoms with van der Waals surface area (Å²) in [4.78, 5) is 0. The van der Waals surface area contributed by atoms with Crippen molar-refractivity contribution in [3.8, 4) is 0 Å². The van der Waals surface area contributed by atoms with Crippen molar-refractivity contribution in [1.29, 1.82) is 0 Å². The largest absolute Gasteiger partial charge is 0.353 e. The van der Waals surface area contributed by atoms with Crippen LogP contribution in [0.4, 0.5) is 21.5 Å². The van der Waals surface area contributed by atoms with Gasteiger partial charge in [0.15, 0.2) is 0 Å². The quantitative estimate of drug-likeness (QED) is 0.846. The molecule has 0 saturated heterocycles. The third-order valence-electron chi connectivity index (χ3n) is 2.85. The summed E-state index contributed by atoms with van der Waals surface area (Å²) in [5, 5.41) is 2.94. The molecule has 0 aliphatic heterocycles. The molecule has 2 aromatic rings. The van der Waals surface area contributed by atoms with Gasteiger partial charge in [-0.1, -0.05) is 32.0 Å². The summed E-state index contributed by atoms with van der Waals surface area (Å²) in [5.74, 6) is -0.520. The van der Waals surface area contributed by atoms with Gasteiger partial charge in [0.05, 0.1) is 17.1 Å². The number of rotatable bonds is 6. The molecule has 0 atom stereocenters. The lowest BCUT2D eigenvalue weighted by molar-refractivity contribution is 0.587. The molecule has 0 unspecified atom stereocenters. The Kier molecular flexibility index (Phi) is 5.03. The van der Waals surface area contributed by atoms with Crippen LogP contribution in [0.25, 0.3) is 0 Å². The Balaban J connectivity index is 2.13. The van der Waals surface area contributed by atoms with Gasteiger partial charge >= 0.3 is 0 Å². The molecule has 4 nitrogen and oxygen atoms in total. The van der Waals surface area contributed by atoms with E-state index in [9.17, 15) is 12.8 Å². The Bertz CT molecular complexity index is 731. The summed E-state index contributed by atoms with van der Waals surface area (Å²) in [6.45, 7) is 3.62. The van der Waals surface area contributed by atoms with Crippen molar-refractivity contribution >= 4 is 27.1 Å². The van der Waals surface area contributed by atoms with Crippen molar-refractivity contribution in [2.45, 2.75) is 13.8 Å². The van der Waals surface area contributed by atoms with Gasteiger partial charge in [-0.25, -0.2) is 12.8 Å². The Labute approximate surface area is 130 Å². The third-order valence-corrected chi connectivity index (χ3v) is 4.50. The molecule has 0 aliphatic carbocycles. The second-order valence-electron chi connectivity index (χ2n) is 5.46. The van der Waals surface area contributed by atoms with Gasteiger partial charge in [0.1, 0.15) is 5.82 Å². The van der Waals surface area contributed by atoms with Crippen LogP contribution in [0.15, 0.2) is 48.5 Å². The van der Waals surface area contributed by atoms with Crippen LogP contribution in [0, 0.1) is 11.7 Å². The Morgan fingerprint density at radius 2 is 1.73 bits per heavy atom. The molecule has 2 N–H and O–H groups in total. The summed E-state index contributed by atoms with van der Waals surface area (Å²) in [6.07, 6.45) is 0. The predicted molar refractivity (Wildman–Crippen MR) is 88.4 cm³/mol. The number of halogens is 1. The van der Waals surface area contributed by atoms with E-state index < -0.39 is 15.8 Å².